The molecule has 3 fully saturated rings. The molecule has 2 saturated carbocycles. The summed E-state index contributed by atoms with van der Waals surface area (Å²) >= 11 is 0. The Hall–Kier alpha value is -0.340. The molecule has 5 atom stereocenters. The van der Waals surface area contributed by atoms with E-state index in [-0.39, 0.29) is 0 Å². The average Bonchev–Trinajstić information content (AvgIpc) is 3.11. The monoisotopic (exact) mass is 288 g/mol. The third kappa shape index (κ3) is 2.94. The maximum absolute atomic E-state index is 2.82. The van der Waals surface area contributed by atoms with Crippen molar-refractivity contribution < 1.29 is 0 Å². The number of hydrogen-bond donors (Lipinski definition) is 0. The molecule has 2 nitrogen and oxygen atoms in total. The second kappa shape index (κ2) is 6.04. The molecular weight excluding hydrogens is 256 g/mol. The van der Waals surface area contributed by atoms with E-state index in [0.717, 1.165) is 29.7 Å². The zero-order chi connectivity index (χ0) is 14.2. The zero-order valence-electron chi connectivity index (χ0n) is 13.7. The van der Waals surface area contributed by atoms with Crippen LogP contribution in [0.4, 0.5) is 0 Å². The Labute approximate surface area is 130 Å². The van der Waals surface area contributed by atoms with Gasteiger partial charge in [0.25, 0.3) is 0 Å². The standard InChI is InChI=1S/C19H32N2/c1-15-4-2-3-5-19(15)21-10-8-20(9-11-21)14-18-13-16-6-7-17(18)12-16/h6-7,15-19H,2-5,8-14H2,1H3/t15-,16-,17-,18-,19-/m0/s1. The average molecular weight is 288 g/mol. The van der Waals surface area contributed by atoms with Crippen LogP contribution in [-0.2, 0) is 0 Å². The van der Waals surface area contributed by atoms with Gasteiger partial charge in [-0.05, 0) is 49.4 Å². The van der Waals surface area contributed by atoms with Gasteiger partial charge in [-0.25, -0.2) is 0 Å². The van der Waals surface area contributed by atoms with Crippen LogP contribution < -0.4 is 0 Å². The fourth-order valence-electron chi connectivity index (χ4n) is 5.55. The predicted molar refractivity (Wildman–Crippen MR) is 88.3 cm³/mol. The molecule has 0 unspecified atom stereocenters. The van der Waals surface area contributed by atoms with Gasteiger partial charge in [0.2, 0.25) is 0 Å². The van der Waals surface area contributed by atoms with E-state index in [2.05, 4.69) is 28.9 Å². The first-order valence-corrected chi connectivity index (χ1v) is 9.44. The lowest BCUT2D eigenvalue weighted by atomic mass is 9.84. The van der Waals surface area contributed by atoms with Gasteiger partial charge in [-0.3, -0.25) is 4.90 Å². The van der Waals surface area contributed by atoms with E-state index in [1.54, 1.807) is 0 Å². The summed E-state index contributed by atoms with van der Waals surface area (Å²) in [5.74, 6) is 3.76. The van der Waals surface area contributed by atoms with Crippen LogP contribution in [0, 0.1) is 23.7 Å². The first kappa shape index (κ1) is 14.3. The fraction of sp³-hybridized carbons (Fsp3) is 0.895. The highest BCUT2D eigenvalue weighted by Crippen LogP contribution is 2.43. The van der Waals surface area contributed by atoms with Crippen LogP contribution in [0.5, 0.6) is 0 Å². The number of fused-ring (bicyclic) bond motifs is 2. The van der Waals surface area contributed by atoms with Crippen molar-refractivity contribution in [2.24, 2.45) is 23.7 Å². The third-order valence-corrected chi connectivity index (χ3v) is 6.85. The SMILES string of the molecule is C[C@H]1CCCC[C@@H]1N1CCN(C[C@@H]2C[C@H]3C=C[C@H]2C3)CC1. The van der Waals surface area contributed by atoms with Gasteiger partial charge < -0.3 is 4.90 Å². The summed E-state index contributed by atoms with van der Waals surface area (Å²) in [5, 5.41) is 0. The Balaban J connectivity index is 1.26. The summed E-state index contributed by atoms with van der Waals surface area (Å²) in [6.07, 6.45) is 13.8. The number of hydrogen-bond acceptors (Lipinski definition) is 2. The Kier molecular flexibility index (Phi) is 4.10. The molecule has 4 rings (SSSR count). The van der Waals surface area contributed by atoms with Gasteiger partial charge in [0.15, 0.2) is 0 Å². The molecule has 1 heterocycles. The van der Waals surface area contributed by atoms with E-state index in [0.29, 0.717) is 0 Å². The van der Waals surface area contributed by atoms with Crippen LogP contribution in [0.2, 0.25) is 0 Å². The minimum Gasteiger partial charge on any atom is -0.300 e. The van der Waals surface area contributed by atoms with Crippen molar-refractivity contribution in [3.05, 3.63) is 12.2 Å². The molecule has 21 heavy (non-hydrogen) atoms. The number of piperazine rings is 1. The molecule has 3 aliphatic carbocycles. The molecule has 118 valence electrons. The molecule has 1 aliphatic heterocycles. The normalized spacial score (nSPS) is 44.5. The Morgan fingerprint density at radius 3 is 2.43 bits per heavy atom. The Morgan fingerprint density at radius 2 is 1.76 bits per heavy atom. The first-order chi connectivity index (χ1) is 10.3. The van der Waals surface area contributed by atoms with Gasteiger partial charge in [-0.15, -0.1) is 0 Å². The van der Waals surface area contributed by atoms with Crippen molar-refractivity contribution in [2.45, 2.75) is 51.5 Å². The largest absolute Gasteiger partial charge is 0.300 e. The Bertz CT molecular complexity index is 383. The van der Waals surface area contributed by atoms with Gasteiger partial charge in [-0.2, -0.15) is 0 Å². The fourth-order valence-corrected chi connectivity index (χ4v) is 5.55. The summed E-state index contributed by atoms with van der Waals surface area (Å²) in [6, 6.07) is 0.895. The zero-order valence-corrected chi connectivity index (χ0v) is 13.7. The van der Waals surface area contributed by atoms with Crippen molar-refractivity contribution in [1.82, 2.24) is 9.80 Å². The molecule has 0 aromatic carbocycles. The highest BCUT2D eigenvalue weighted by Gasteiger charge is 2.37. The van der Waals surface area contributed by atoms with Gasteiger partial charge in [0.05, 0.1) is 0 Å². The minimum absolute atomic E-state index is 0.895. The third-order valence-electron chi connectivity index (χ3n) is 6.85. The quantitative estimate of drug-likeness (QED) is 0.735. The van der Waals surface area contributed by atoms with Crippen LogP contribution in [0.25, 0.3) is 0 Å². The van der Waals surface area contributed by atoms with E-state index in [1.807, 2.05) is 0 Å². The Morgan fingerprint density at radius 1 is 0.952 bits per heavy atom. The van der Waals surface area contributed by atoms with Crippen molar-refractivity contribution in [2.75, 3.05) is 32.7 Å². The number of allylic oxidation sites excluding steroid dienone is 2. The molecule has 4 aliphatic rings. The lowest BCUT2D eigenvalue weighted by Crippen LogP contribution is -2.53. The molecule has 0 aromatic heterocycles. The van der Waals surface area contributed by atoms with Crippen molar-refractivity contribution >= 4 is 0 Å². The van der Waals surface area contributed by atoms with Crippen LogP contribution in [0.3, 0.4) is 0 Å². The van der Waals surface area contributed by atoms with Crippen LogP contribution in [0.15, 0.2) is 12.2 Å². The highest BCUT2D eigenvalue weighted by atomic mass is 15.3. The lowest BCUT2D eigenvalue weighted by molar-refractivity contribution is 0.0471. The molecule has 2 bridgehead atoms. The number of nitrogens with zero attached hydrogens (tertiary/aromatic N) is 2. The molecular formula is C19H32N2. The second-order valence-corrected chi connectivity index (χ2v) is 8.21. The molecule has 0 spiro atoms. The summed E-state index contributed by atoms with van der Waals surface area (Å²) in [4.78, 5) is 5.59. The second-order valence-electron chi connectivity index (χ2n) is 8.21. The van der Waals surface area contributed by atoms with E-state index in [4.69, 9.17) is 0 Å². The molecule has 1 saturated heterocycles. The summed E-state index contributed by atoms with van der Waals surface area (Å²) in [6.45, 7) is 9.15. The van der Waals surface area contributed by atoms with E-state index in [1.165, 1.54) is 71.2 Å². The minimum atomic E-state index is 0.895. The molecule has 0 N–H and O–H groups in total. The smallest absolute Gasteiger partial charge is 0.0122 e. The highest BCUT2D eigenvalue weighted by molar-refractivity contribution is 5.10. The van der Waals surface area contributed by atoms with E-state index < -0.39 is 0 Å². The molecule has 0 amide bonds. The van der Waals surface area contributed by atoms with Crippen LogP contribution >= 0.6 is 0 Å². The summed E-state index contributed by atoms with van der Waals surface area (Å²) < 4.78 is 0. The first-order valence-electron chi connectivity index (χ1n) is 9.44. The predicted octanol–water partition coefficient (Wildman–Crippen LogP) is 3.39. The van der Waals surface area contributed by atoms with Gasteiger partial charge >= 0.3 is 0 Å². The lowest BCUT2D eigenvalue weighted by Gasteiger charge is -2.44. The van der Waals surface area contributed by atoms with Crippen LogP contribution in [-0.4, -0.2) is 48.6 Å². The van der Waals surface area contributed by atoms with E-state index >= 15 is 0 Å². The number of rotatable bonds is 3. The van der Waals surface area contributed by atoms with Crippen molar-refractivity contribution in [3.8, 4) is 0 Å². The molecule has 0 aromatic rings. The van der Waals surface area contributed by atoms with Gasteiger partial charge in [-0.1, -0.05) is 31.9 Å². The van der Waals surface area contributed by atoms with E-state index in [9.17, 15) is 0 Å². The topological polar surface area (TPSA) is 6.48 Å². The maximum Gasteiger partial charge on any atom is 0.0122 e. The molecule has 0 radical (unpaired) electrons. The summed E-state index contributed by atoms with van der Waals surface area (Å²) in [7, 11) is 0. The summed E-state index contributed by atoms with van der Waals surface area (Å²) in [5.41, 5.74) is 0. The van der Waals surface area contributed by atoms with Gasteiger partial charge in [0, 0.05) is 38.8 Å². The molecule has 2 heteroatoms. The maximum atomic E-state index is 2.82. The van der Waals surface area contributed by atoms with Crippen molar-refractivity contribution in [1.29, 1.82) is 0 Å². The van der Waals surface area contributed by atoms with Crippen LogP contribution in [0.1, 0.15) is 45.4 Å². The van der Waals surface area contributed by atoms with Crippen molar-refractivity contribution in [3.63, 3.8) is 0 Å². The van der Waals surface area contributed by atoms with Gasteiger partial charge in [0.1, 0.15) is 0 Å².